The molecule has 7 heteroatoms. The SMILES string of the molecule is CN(C)CCN(Cc1ccc(C#N)cc1)C(=O)NCc1ccnn1C. The van der Waals surface area contributed by atoms with Gasteiger partial charge in [0.2, 0.25) is 0 Å². The molecule has 0 saturated carbocycles. The van der Waals surface area contributed by atoms with E-state index in [1.54, 1.807) is 27.9 Å². The molecular weight excluding hydrogens is 316 g/mol. The molecule has 0 aliphatic carbocycles. The molecule has 0 atom stereocenters. The van der Waals surface area contributed by atoms with Gasteiger partial charge in [0, 0.05) is 32.9 Å². The molecule has 0 aliphatic heterocycles. The Labute approximate surface area is 148 Å². The molecule has 1 N–H and O–H groups in total. The molecule has 2 amide bonds. The van der Waals surface area contributed by atoms with Crippen LogP contribution >= 0.6 is 0 Å². The third-order valence-corrected chi connectivity index (χ3v) is 3.90. The third-order valence-electron chi connectivity index (χ3n) is 3.90. The van der Waals surface area contributed by atoms with Gasteiger partial charge in [0.05, 0.1) is 23.9 Å². The molecule has 0 saturated heterocycles. The average molecular weight is 340 g/mol. The summed E-state index contributed by atoms with van der Waals surface area (Å²) in [5.74, 6) is 0. The van der Waals surface area contributed by atoms with E-state index in [0.29, 0.717) is 25.2 Å². The van der Waals surface area contributed by atoms with Crippen molar-refractivity contribution in [1.29, 1.82) is 5.26 Å². The van der Waals surface area contributed by atoms with E-state index in [1.165, 1.54) is 0 Å². The highest BCUT2D eigenvalue weighted by atomic mass is 16.2. The van der Waals surface area contributed by atoms with Crippen molar-refractivity contribution < 1.29 is 4.79 Å². The van der Waals surface area contributed by atoms with Gasteiger partial charge >= 0.3 is 6.03 Å². The molecular formula is C18H24N6O. The Hall–Kier alpha value is -2.85. The number of amides is 2. The van der Waals surface area contributed by atoms with Crippen LogP contribution in [0.2, 0.25) is 0 Å². The van der Waals surface area contributed by atoms with Gasteiger partial charge in [-0.25, -0.2) is 4.79 Å². The van der Waals surface area contributed by atoms with Crippen LogP contribution in [-0.4, -0.2) is 52.8 Å². The molecule has 0 radical (unpaired) electrons. The van der Waals surface area contributed by atoms with Gasteiger partial charge in [-0.2, -0.15) is 10.4 Å². The zero-order valence-electron chi connectivity index (χ0n) is 14.9. The lowest BCUT2D eigenvalue weighted by Crippen LogP contribution is -2.42. The highest BCUT2D eigenvalue weighted by Crippen LogP contribution is 2.08. The molecule has 1 aromatic heterocycles. The number of benzene rings is 1. The Bertz CT molecular complexity index is 729. The van der Waals surface area contributed by atoms with E-state index in [1.807, 2.05) is 44.2 Å². The van der Waals surface area contributed by atoms with E-state index in [2.05, 4.69) is 16.5 Å². The summed E-state index contributed by atoms with van der Waals surface area (Å²) in [6.07, 6.45) is 1.71. The summed E-state index contributed by atoms with van der Waals surface area (Å²) in [5.41, 5.74) is 2.55. The summed E-state index contributed by atoms with van der Waals surface area (Å²) in [7, 11) is 5.81. The van der Waals surface area contributed by atoms with E-state index in [0.717, 1.165) is 17.8 Å². The van der Waals surface area contributed by atoms with Crippen LogP contribution in [0.25, 0.3) is 0 Å². The molecule has 1 aromatic carbocycles. The van der Waals surface area contributed by atoms with Crippen molar-refractivity contribution >= 4 is 6.03 Å². The zero-order valence-corrected chi connectivity index (χ0v) is 14.9. The largest absolute Gasteiger partial charge is 0.332 e. The highest BCUT2D eigenvalue weighted by Gasteiger charge is 2.14. The van der Waals surface area contributed by atoms with E-state index in [9.17, 15) is 4.79 Å². The lowest BCUT2D eigenvalue weighted by molar-refractivity contribution is 0.188. The fourth-order valence-corrected chi connectivity index (χ4v) is 2.33. The van der Waals surface area contributed by atoms with Crippen molar-refractivity contribution in [3.8, 4) is 6.07 Å². The van der Waals surface area contributed by atoms with Gasteiger partial charge in [0.25, 0.3) is 0 Å². The first-order valence-electron chi connectivity index (χ1n) is 8.13. The standard InChI is InChI=1S/C18H24N6O/c1-22(2)10-11-24(14-16-6-4-15(12-19)5-7-16)18(25)20-13-17-8-9-21-23(17)3/h4-9H,10-11,13-14H2,1-3H3,(H,20,25). The molecule has 0 unspecified atom stereocenters. The lowest BCUT2D eigenvalue weighted by atomic mass is 10.1. The molecule has 7 nitrogen and oxygen atoms in total. The van der Waals surface area contributed by atoms with Crippen LogP contribution in [-0.2, 0) is 20.1 Å². The summed E-state index contributed by atoms with van der Waals surface area (Å²) >= 11 is 0. The van der Waals surface area contributed by atoms with Crippen LogP contribution < -0.4 is 5.32 Å². The monoisotopic (exact) mass is 340 g/mol. The molecule has 25 heavy (non-hydrogen) atoms. The molecule has 0 bridgehead atoms. The number of nitrogens with zero attached hydrogens (tertiary/aromatic N) is 5. The van der Waals surface area contributed by atoms with Crippen LogP contribution in [0.4, 0.5) is 4.79 Å². The zero-order chi connectivity index (χ0) is 18.2. The smallest absolute Gasteiger partial charge is 0.318 e. The molecule has 1 heterocycles. The van der Waals surface area contributed by atoms with Gasteiger partial charge in [0.1, 0.15) is 0 Å². The van der Waals surface area contributed by atoms with Gasteiger partial charge in [-0.15, -0.1) is 0 Å². The second-order valence-electron chi connectivity index (χ2n) is 6.14. The summed E-state index contributed by atoms with van der Waals surface area (Å²) in [6, 6.07) is 11.2. The van der Waals surface area contributed by atoms with Crippen molar-refractivity contribution in [2.75, 3.05) is 27.2 Å². The number of aryl methyl sites for hydroxylation is 1. The van der Waals surface area contributed by atoms with Crippen molar-refractivity contribution in [3.05, 3.63) is 53.3 Å². The van der Waals surface area contributed by atoms with E-state index < -0.39 is 0 Å². The summed E-state index contributed by atoms with van der Waals surface area (Å²) < 4.78 is 1.74. The van der Waals surface area contributed by atoms with Gasteiger partial charge in [-0.1, -0.05) is 12.1 Å². The summed E-state index contributed by atoms with van der Waals surface area (Å²) in [6.45, 7) is 2.32. The van der Waals surface area contributed by atoms with Crippen LogP contribution in [0.5, 0.6) is 0 Å². The first-order chi connectivity index (χ1) is 12.0. The first kappa shape index (κ1) is 18.5. The minimum atomic E-state index is -0.118. The number of carbonyl (C=O) groups excluding carboxylic acids is 1. The van der Waals surface area contributed by atoms with Gasteiger partial charge in [0.15, 0.2) is 0 Å². The molecule has 0 spiro atoms. The highest BCUT2D eigenvalue weighted by molar-refractivity contribution is 5.74. The second kappa shape index (κ2) is 8.85. The number of aromatic nitrogens is 2. The van der Waals surface area contributed by atoms with E-state index >= 15 is 0 Å². The van der Waals surface area contributed by atoms with Crippen molar-refractivity contribution in [3.63, 3.8) is 0 Å². The van der Waals surface area contributed by atoms with Crippen molar-refractivity contribution in [2.24, 2.45) is 7.05 Å². The van der Waals surface area contributed by atoms with E-state index in [4.69, 9.17) is 5.26 Å². The maximum atomic E-state index is 12.6. The predicted octanol–water partition coefficient (Wildman–Crippen LogP) is 1.57. The number of nitriles is 1. The minimum Gasteiger partial charge on any atom is -0.332 e. The van der Waals surface area contributed by atoms with Crippen LogP contribution in [0, 0.1) is 11.3 Å². The summed E-state index contributed by atoms with van der Waals surface area (Å²) in [5, 5.41) is 15.9. The van der Waals surface area contributed by atoms with E-state index in [-0.39, 0.29) is 6.03 Å². The minimum absolute atomic E-state index is 0.118. The Balaban J connectivity index is 2.01. The number of hydrogen-bond acceptors (Lipinski definition) is 4. The Morgan fingerprint density at radius 3 is 2.52 bits per heavy atom. The summed E-state index contributed by atoms with van der Waals surface area (Å²) in [4.78, 5) is 16.4. The Kier molecular flexibility index (Phi) is 6.54. The fraction of sp³-hybridized carbons (Fsp3) is 0.389. The van der Waals surface area contributed by atoms with Crippen LogP contribution in [0.15, 0.2) is 36.5 Å². The quantitative estimate of drug-likeness (QED) is 0.830. The number of urea groups is 1. The molecule has 2 rings (SSSR count). The molecule has 0 aliphatic rings. The number of carbonyl (C=O) groups is 1. The predicted molar refractivity (Wildman–Crippen MR) is 95.6 cm³/mol. The fourth-order valence-electron chi connectivity index (χ4n) is 2.33. The first-order valence-corrected chi connectivity index (χ1v) is 8.13. The Morgan fingerprint density at radius 1 is 1.24 bits per heavy atom. The lowest BCUT2D eigenvalue weighted by Gasteiger charge is -2.25. The van der Waals surface area contributed by atoms with Gasteiger partial charge < -0.3 is 15.1 Å². The topological polar surface area (TPSA) is 77.2 Å². The Morgan fingerprint density at radius 2 is 1.96 bits per heavy atom. The normalized spacial score (nSPS) is 10.5. The van der Waals surface area contributed by atoms with Crippen molar-refractivity contribution in [1.82, 2.24) is 24.9 Å². The third kappa shape index (κ3) is 5.62. The maximum absolute atomic E-state index is 12.6. The number of likely N-dealkylation sites (N-methyl/N-ethyl adjacent to an activating group) is 1. The van der Waals surface area contributed by atoms with Crippen LogP contribution in [0.3, 0.4) is 0 Å². The molecule has 2 aromatic rings. The maximum Gasteiger partial charge on any atom is 0.318 e. The molecule has 0 fully saturated rings. The van der Waals surface area contributed by atoms with Crippen LogP contribution in [0.1, 0.15) is 16.8 Å². The van der Waals surface area contributed by atoms with Gasteiger partial charge in [-0.3, -0.25) is 4.68 Å². The van der Waals surface area contributed by atoms with Crippen molar-refractivity contribution in [2.45, 2.75) is 13.1 Å². The van der Waals surface area contributed by atoms with Gasteiger partial charge in [-0.05, 0) is 37.9 Å². The average Bonchev–Trinajstić information content (AvgIpc) is 3.01. The molecule has 132 valence electrons. The second-order valence-corrected chi connectivity index (χ2v) is 6.14. The number of nitrogens with one attached hydrogen (secondary N) is 1. The number of rotatable bonds is 7. The number of hydrogen-bond donors (Lipinski definition) is 1.